The van der Waals surface area contributed by atoms with Crippen LogP contribution in [0.15, 0.2) is 52.4 Å². The van der Waals surface area contributed by atoms with Crippen LogP contribution in [0.2, 0.25) is 0 Å². The van der Waals surface area contributed by atoms with E-state index in [2.05, 4.69) is 21.4 Å². The number of hydrogen-bond acceptors (Lipinski definition) is 8. The zero-order chi connectivity index (χ0) is 20.8. The first-order chi connectivity index (χ1) is 14.1. The van der Waals surface area contributed by atoms with Gasteiger partial charge >= 0.3 is 0 Å². The number of nitrogen functional groups attached to an aromatic ring is 1. The van der Waals surface area contributed by atoms with Gasteiger partial charge in [-0.1, -0.05) is 18.7 Å². The van der Waals surface area contributed by atoms with Crippen molar-refractivity contribution >= 4 is 29.2 Å². The number of amides is 1. The molecule has 3 heterocycles. The quantitative estimate of drug-likeness (QED) is 0.594. The van der Waals surface area contributed by atoms with Crippen LogP contribution >= 0.6 is 11.8 Å². The first-order valence-electron chi connectivity index (χ1n) is 8.64. The molecule has 1 unspecified atom stereocenters. The summed E-state index contributed by atoms with van der Waals surface area (Å²) in [6.45, 7) is 1.86. The van der Waals surface area contributed by atoms with Crippen LogP contribution in [-0.4, -0.2) is 21.1 Å². The molecule has 0 fully saturated rings. The average molecular weight is 404 g/mol. The van der Waals surface area contributed by atoms with E-state index in [4.69, 9.17) is 10.2 Å². The predicted octanol–water partition coefficient (Wildman–Crippen LogP) is 3.57. The number of aromatic nitrogens is 2. The molecule has 29 heavy (non-hydrogen) atoms. The molecule has 0 radical (unpaired) electrons. The molecule has 3 rings (SSSR count). The standard InChI is InChI=1S/C20H16N6O2S/c1-2-16(19(27)25-12-5-7-24-8-6-12)29-20-14(11-22)17(15-4-3-9-28-15)13(10-21)18(23)26-20/h3-9,16H,2H2,1H3,(H2,23,26)(H,24,25,27). The number of carbonyl (C=O) groups is 1. The van der Waals surface area contributed by atoms with Gasteiger partial charge in [-0.3, -0.25) is 9.78 Å². The molecule has 3 aromatic rings. The molecule has 1 amide bonds. The maximum Gasteiger partial charge on any atom is 0.237 e. The molecule has 1 atom stereocenters. The van der Waals surface area contributed by atoms with Crippen LogP contribution in [0.25, 0.3) is 11.3 Å². The monoisotopic (exact) mass is 404 g/mol. The highest BCUT2D eigenvalue weighted by Crippen LogP contribution is 2.37. The molecule has 0 saturated carbocycles. The highest BCUT2D eigenvalue weighted by Gasteiger charge is 2.26. The minimum absolute atomic E-state index is 0.0233. The largest absolute Gasteiger partial charge is 0.464 e. The summed E-state index contributed by atoms with van der Waals surface area (Å²) in [4.78, 5) is 20.8. The van der Waals surface area contributed by atoms with Crippen molar-refractivity contribution in [1.29, 1.82) is 10.5 Å². The Balaban J connectivity index is 1.99. The Morgan fingerprint density at radius 1 is 1.28 bits per heavy atom. The highest BCUT2D eigenvalue weighted by atomic mass is 32.2. The van der Waals surface area contributed by atoms with E-state index >= 15 is 0 Å². The molecule has 9 heteroatoms. The minimum Gasteiger partial charge on any atom is -0.464 e. The number of hydrogen-bond donors (Lipinski definition) is 2. The van der Waals surface area contributed by atoms with E-state index in [-0.39, 0.29) is 33.4 Å². The molecule has 0 aliphatic carbocycles. The van der Waals surface area contributed by atoms with Crippen molar-refractivity contribution < 1.29 is 9.21 Å². The molecule has 0 aliphatic heterocycles. The van der Waals surface area contributed by atoms with Crippen molar-refractivity contribution in [3.8, 4) is 23.5 Å². The third kappa shape index (κ3) is 4.21. The number of furan rings is 1. The zero-order valence-corrected chi connectivity index (χ0v) is 16.2. The lowest BCUT2D eigenvalue weighted by atomic mass is 10.0. The summed E-state index contributed by atoms with van der Waals surface area (Å²) < 4.78 is 5.39. The molecule has 3 aromatic heterocycles. The Hall–Kier alpha value is -3.82. The Labute approximate surface area is 171 Å². The number of anilines is 2. The van der Waals surface area contributed by atoms with Gasteiger partial charge in [0.1, 0.15) is 34.3 Å². The number of thioether (sulfide) groups is 1. The molecule has 0 bridgehead atoms. The van der Waals surface area contributed by atoms with Crippen LogP contribution in [0.1, 0.15) is 24.5 Å². The summed E-state index contributed by atoms with van der Waals surface area (Å²) >= 11 is 1.12. The number of nitrogens with two attached hydrogens (primary N) is 1. The summed E-state index contributed by atoms with van der Waals surface area (Å²) in [5.41, 5.74) is 7.08. The maximum atomic E-state index is 12.7. The van der Waals surface area contributed by atoms with Gasteiger partial charge in [-0.05, 0) is 30.7 Å². The summed E-state index contributed by atoms with van der Waals surface area (Å²) in [7, 11) is 0. The Morgan fingerprint density at radius 2 is 2.00 bits per heavy atom. The SMILES string of the molecule is CCC(Sc1nc(N)c(C#N)c(-c2ccco2)c1C#N)C(=O)Nc1ccncc1. The maximum absolute atomic E-state index is 12.7. The number of carbonyl (C=O) groups excluding carboxylic acids is 1. The number of nitriles is 2. The molecular weight excluding hydrogens is 388 g/mol. The van der Waals surface area contributed by atoms with Crippen LogP contribution in [0, 0.1) is 22.7 Å². The van der Waals surface area contributed by atoms with E-state index in [0.29, 0.717) is 17.9 Å². The smallest absolute Gasteiger partial charge is 0.237 e. The van der Waals surface area contributed by atoms with E-state index in [1.54, 1.807) is 36.7 Å². The first kappa shape index (κ1) is 19.9. The lowest BCUT2D eigenvalue weighted by Crippen LogP contribution is -2.25. The Kier molecular flexibility index (Phi) is 6.12. The van der Waals surface area contributed by atoms with Crippen molar-refractivity contribution in [3.05, 3.63) is 54.0 Å². The van der Waals surface area contributed by atoms with Gasteiger partial charge in [0, 0.05) is 18.1 Å². The van der Waals surface area contributed by atoms with Gasteiger partial charge in [0.15, 0.2) is 0 Å². The lowest BCUT2D eigenvalue weighted by Gasteiger charge is -2.17. The van der Waals surface area contributed by atoms with E-state index in [0.717, 1.165) is 11.8 Å². The summed E-state index contributed by atoms with van der Waals surface area (Å²) in [5, 5.41) is 21.8. The van der Waals surface area contributed by atoms with E-state index in [9.17, 15) is 15.3 Å². The second-order valence-corrected chi connectivity index (χ2v) is 7.06. The highest BCUT2D eigenvalue weighted by molar-refractivity contribution is 8.00. The second-order valence-electron chi connectivity index (χ2n) is 5.87. The molecule has 0 spiro atoms. The Morgan fingerprint density at radius 3 is 2.59 bits per heavy atom. The van der Waals surface area contributed by atoms with Gasteiger partial charge in [-0.2, -0.15) is 10.5 Å². The van der Waals surface area contributed by atoms with Crippen LogP contribution < -0.4 is 11.1 Å². The van der Waals surface area contributed by atoms with Crippen molar-refractivity contribution in [2.75, 3.05) is 11.1 Å². The number of nitrogens with zero attached hydrogens (tertiary/aromatic N) is 4. The summed E-state index contributed by atoms with van der Waals surface area (Å²) in [6.07, 6.45) is 5.09. The van der Waals surface area contributed by atoms with Crippen LogP contribution in [0.4, 0.5) is 11.5 Å². The van der Waals surface area contributed by atoms with Crippen molar-refractivity contribution in [2.45, 2.75) is 23.6 Å². The fraction of sp³-hybridized carbons (Fsp3) is 0.150. The predicted molar refractivity (Wildman–Crippen MR) is 109 cm³/mol. The van der Waals surface area contributed by atoms with Gasteiger partial charge in [0.25, 0.3) is 0 Å². The van der Waals surface area contributed by atoms with E-state index in [1.165, 1.54) is 6.26 Å². The number of nitrogens with one attached hydrogen (secondary N) is 1. The third-order valence-corrected chi connectivity index (χ3v) is 5.40. The van der Waals surface area contributed by atoms with Crippen LogP contribution in [0.5, 0.6) is 0 Å². The van der Waals surface area contributed by atoms with Crippen molar-refractivity contribution in [3.63, 3.8) is 0 Å². The van der Waals surface area contributed by atoms with Gasteiger partial charge in [0.05, 0.1) is 22.6 Å². The number of pyridine rings is 2. The number of rotatable bonds is 6. The van der Waals surface area contributed by atoms with E-state index in [1.807, 2.05) is 13.0 Å². The molecule has 0 aromatic carbocycles. The fourth-order valence-corrected chi connectivity index (χ4v) is 3.68. The van der Waals surface area contributed by atoms with Gasteiger partial charge in [-0.15, -0.1) is 0 Å². The minimum atomic E-state index is -0.528. The van der Waals surface area contributed by atoms with Gasteiger partial charge in [0.2, 0.25) is 5.91 Å². The van der Waals surface area contributed by atoms with Crippen molar-refractivity contribution in [2.24, 2.45) is 0 Å². The topological polar surface area (TPSA) is 142 Å². The third-order valence-electron chi connectivity index (χ3n) is 4.05. The molecule has 8 nitrogen and oxygen atoms in total. The summed E-state index contributed by atoms with van der Waals surface area (Å²) in [6, 6.07) is 10.7. The second kappa shape index (κ2) is 8.91. The molecule has 0 aliphatic rings. The fourth-order valence-electron chi connectivity index (χ4n) is 2.67. The molecule has 144 valence electrons. The van der Waals surface area contributed by atoms with Gasteiger partial charge in [-0.25, -0.2) is 4.98 Å². The van der Waals surface area contributed by atoms with Gasteiger partial charge < -0.3 is 15.5 Å². The molecular formula is C20H16N6O2S. The zero-order valence-electron chi connectivity index (χ0n) is 15.4. The van der Waals surface area contributed by atoms with Crippen molar-refractivity contribution in [1.82, 2.24) is 9.97 Å². The van der Waals surface area contributed by atoms with E-state index < -0.39 is 5.25 Å². The van der Waals surface area contributed by atoms with Crippen LogP contribution in [0.3, 0.4) is 0 Å². The lowest BCUT2D eigenvalue weighted by molar-refractivity contribution is -0.115. The Bertz CT molecular complexity index is 1100. The summed E-state index contributed by atoms with van der Waals surface area (Å²) in [5.74, 6) is 0.0741. The normalized spacial score (nSPS) is 11.3. The molecule has 0 saturated heterocycles. The average Bonchev–Trinajstić information content (AvgIpc) is 3.26. The molecule has 3 N–H and O–H groups in total. The van der Waals surface area contributed by atoms with Crippen LogP contribution in [-0.2, 0) is 4.79 Å². The first-order valence-corrected chi connectivity index (χ1v) is 9.52.